The normalized spacial score (nSPS) is 16.5. The summed E-state index contributed by atoms with van der Waals surface area (Å²) in [6.45, 7) is 0.141. The third-order valence-electron chi connectivity index (χ3n) is 5.90. The number of nitrogens with zero attached hydrogens (tertiary/aromatic N) is 4. The van der Waals surface area contributed by atoms with Gasteiger partial charge in [-0.15, -0.1) is 0 Å². The summed E-state index contributed by atoms with van der Waals surface area (Å²) >= 11 is 0. The van der Waals surface area contributed by atoms with E-state index in [1.165, 1.54) is 37.0 Å². The van der Waals surface area contributed by atoms with Crippen LogP contribution in [0.3, 0.4) is 0 Å². The first-order chi connectivity index (χ1) is 18.1. The number of rotatable bonds is 6. The zero-order valence-corrected chi connectivity index (χ0v) is 20.9. The number of aromatic nitrogens is 2. The van der Waals surface area contributed by atoms with Crippen LogP contribution in [0.25, 0.3) is 10.9 Å². The number of hydrogen-bond donors (Lipinski definition) is 1. The summed E-state index contributed by atoms with van der Waals surface area (Å²) in [5.41, 5.74) is -2.38. The molecule has 2 heterocycles. The number of anilines is 3. The number of fused-ring (bicyclic) bond motifs is 1. The summed E-state index contributed by atoms with van der Waals surface area (Å²) in [6, 6.07) is 3.64. The number of alkyl halides is 4. The van der Waals surface area contributed by atoms with E-state index in [4.69, 9.17) is 0 Å². The summed E-state index contributed by atoms with van der Waals surface area (Å²) in [4.78, 5) is 32.2. The Morgan fingerprint density at radius 3 is 2.51 bits per heavy atom. The minimum absolute atomic E-state index is 0.0240. The van der Waals surface area contributed by atoms with Crippen LogP contribution in [0.15, 0.2) is 35.4 Å². The summed E-state index contributed by atoms with van der Waals surface area (Å²) in [6.07, 6.45) is -6.41. The average molecular weight is 579 g/mol. The molecule has 210 valence electrons. The summed E-state index contributed by atoms with van der Waals surface area (Å²) in [5, 5.41) is 2.47. The van der Waals surface area contributed by atoms with Gasteiger partial charge in [0.15, 0.2) is 5.82 Å². The Hall–Kier alpha value is -3.86. The molecule has 1 fully saturated rings. The van der Waals surface area contributed by atoms with Gasteiger partial charge in [-0.1, -0.05) is 4.47 Å². The second kappa shape index (κ2) is 10.0. The molecule has 0 saturated carbocycles. The van der Waals surface area contributed by atoms with Gasteiger partial charge in [0.25, 0.3) is 5.56 Å². The van der Waals surface area contributed by atoms with Crippen LogP contribution in [-0.4, -0.2) is 53.7 Å². The first-order valence-corrected chi connectivity index (χ1v) is 12.5. The van der Waals surface area contributed by atoms with Gasteiger partial charge in [-0.05, 0) is 43.2 Å². The van der Waals surface area contributed by atoms with E-state index in [1.807, 2.05) is 0 Å². The van der Waals surface area contributed by atoms with Crippen LogP contribution in [0.4, 0.5) is 43.4 Å². The highest BCUT2D eigenvalue weighted by atomic mass is 32.2. The Kier molecular flexibility index (Phi) is 7.24. The van der Waals surface area contributed by atoms with Crippen LogP contribution in [0.1, 0.15) is 12.0 Å². The van der Waals surface area contributed by atoms with Crippen molar-refractivity contribution in [3.63, 3.8) is 0 Å². The number of aryl methyl sites for hydroxylation is 2. The van der Waals surface area contributed by atoms with Crippen LogP contribution >= 0.6 is 0 Å². The highest BCUT2D eigenvalue weighted by molar-refractivity contribution is 7.90. The maximum absolute atomic E-state index is 15.6. The van der Waals surface area contributed by atoms with Crippen molar-refractivity contribution in [3.05, 3.63) is 58.1 Å². The van der Waals surface area contributed by atoms with E-state index >= 15 is 4.39 Å². The number of halogens is 6. The molecule has 17 heteroatoms. The fourth-order valence-corrected chi connectivity index (χ4v) is 5.32. The summed E-state index contributed by atoms with van der Waals surface area (Å²) < 4.78 is 110. The van der Waals surface area contributed by atoms with Gasteiger partial charge in [0.05, 0.1) is 17.2 Å². The van der Waals surface area contributed by atoms with Crippen molar-refractivity contribution in [2.24, 2.45) is 7.05 Å². The predicted molar refractivity (Wildman–Crippen MR) is 126 cm³/mol. The second-order valence-electron chi connectivity index (χ2n) is 8.53. The fraction of sp³-hybridized carbons (Fsp3) is 0.318. The van der Waals surface area contributed by atoms with Crippen molar-refractivity contribution in [2.75, 3.05) is 22.9 Å². The highest BCUT2D eigenvalue weighted by Crippen LogP contribution is 2.36. The molecule has 1 saturated heterocycles. The zero-order valence-electron chi connectivity index (χ0n) is 20.1. The number of benzene rings is 2. The molecule has 0 aliphatic carbocycles. The van der Waals surface area contributed by atoms with Crippen molar-refractivity contribution in [3.8, 4) is 0 Å². The smallest absolute Gasteiger partial charge is 0.350 e. The molecule has 0 radical (unpaired) electrons. The SMILES string of the molecule is Cc1c(Nc2c(F)ccc(N(OC(=O)C(F)(F)F)S(=O)(=O)N3CC[C@@H](F)C3)c2F)ccc2ncn(C)c(=O)c12. The number of carbonyl (C=O) groups is 1. The van der Waals surface area contributed by atoms with Gasteiger partial charge in [-0.2, -0.15) is 25.9 Å². The lowest BCUT2D eigenvalue weighted by molar-refractivity contribution is -0.199. The van der Waals surface area contributed by atoms with E-state index in [-0.39, 0.29) is 28.6 Å². The molecule has 3 aromatic rings. The standard InChI is InChI=1S/C22H19F6N5O5S/c1-11-14(4-5-15-17(11)20(34)31(2)10-29-15)30-19-13(24)3-6-16(18(19)25)33(38-21(35)22(26,27)28)39(36,37)32-8-7-12(23)9-32/h3-6,10,12,30H,7-9H2,1-2H3/t12-/m1/s1. The quantitative estimate of drug-likeness (QED) is 0.352. The molecule has 1 aromatic heterocycles. The van der Waals surface area contributed by atoms with E-state index in [0.29, 0.717) is 16.4 Å². The molecule has 1 aliphatic heterocycles. The van der Waals surface area contributed by atoms with Crippen LogP contribution in [0, 0.1) is 18.6 Å². The van der Waals surface area contributed by atoms with Crippen molar-refractivity contribution < 1.29 is 44.4 Å². The van der Waals surface area contributed by atoms with Crippen molar-refractivity contribution in [2.45, 2.75) is 25.7 Å². The van der Waals surface area contributed by atoms with Gasteiger partial charge >= 0.3 is 22.4 Å². The molecule has 0 amide bonds. The van der Waals surface area contributed by atoms with E-state index < -0.39 is 74.7 Å². The maximum Gasteiger partial charge on any atom is 0.493 e. The lowest BCUT2D eigenvalue weighted by Crippen LogP contribution is -2.46. The number of hydrogen-bond acceptors (Lipinski definition) is 7. The number of carbonyl (C=O) groups excluding carboxylic acids is 1. The molecule has 1 atom stereocenters. The topological polar surface area (TPSA) is 114 Å². The van der Waals surface area contributed by atoms with Gasteiger partial charge in [-0.25, -0.2) is 22.9 Å². The van der Waals surface area contributed by atoms with Gasteiger partial charge < -0.3 is 14.7 Å². The van der Waals surface area contributed by atoms with Crippen molar-refractivity contribution in [1.82, 2.24) is 13.9 Å². The summed E-state index contributed by atoms with van der Waals surface area (Å²) in [7, 11) is -3.84. The third kappa shape index (κ3) is 5.23. The van der Waals surface area contributed by atoms with E-state index in [9.17, 15) is 40.0 Å². The van der Waals surface area contributed by atoms with E-state index in [1.54, 1.807) is 0 Å². The molecule has 0 bridgehead atoms. The van der Waals surface area contributed by atoms with E-state index in [0.717, 1.165) is 0 Å². The Labute approximate surface area is 216 Å². The zero-order chi connectivity index (χ0) is 28.9. The Morgan fingerprint density at radius 1 is 1.21 bits per heavy atom. The van der Waals surface area contributed by atoms with E-state index in [2.05, 4.69) is 15.1 Å². The molecule has 0 spiro atoms. The molecular weight excluding hydrogens is 560 g/mol. The van der Waals surface area contributed by atoms with Crippen LogP contribution in [-0.2, 0) is 26.9 Å². The Balaban J connectivity index is 1.83. The average Bonchev–Trinajstić information content (AvgIpc) is 3.30. The minimum atomic E-state index is -5.69. The molecule has 39 heavy (non-hydrogen) atoms. The fourth-order valence-electron chi connectivity index (χ4n) is 3.87. The van der Waals surface area contributed by atoms with Gasteiger partial charge in [0, 0.05) is 25.8 Å². The highest BCUT2D eigenvalue weighted by Gasteiger charge is 2.47. The lowest BCUT2D eigenvalue weighted by Gasteiger charge is -2.28. The van der Waals surface area contributed by atoms with Crippen molar-refractivity contribution >= 4 is 44.1 Å². The van der Waals surface area contributed by atoms with Gasteiger partial charge in [0.1, 0.15) is 23.4 Å². The minimum Gasteiger partial charge on any atom is -0.350 e. The van der Waals surface area contributed by atoms with Crippen LogP contribution < -0.4 is 15.3 Å². The van der Waals surface area contributed by atoms with Crippen molar-refractivity contribution in [1.29, 1.82) is 0 Å². The first kappa shape index (κ1) is 28.2. The predicted octanol–water partition coefficient (Wildman–Crippen LogP) is 3.38. The largest absolute Gasteiger partial charge is 0.493 e. The first-order valence-electron chi connectivity index (χ1n) is 11.1. The van der Waals surface area contributed by atoms with Gasteiger partial charge in [0.2, 0.25) is 0 Å². The Bertz CT molecular complexity index is 1630. The third-order valence-corrected chi connectivity index (χ3v) is 7.58. The molecule has 1 N–H and O–H groups in total. The lowest BCUT2D eigenvalue weighted by atomic mass is 10.1. The molecule has 0 unspecified atom stereocenters. The molecule has 1 aliphatic rings. The molecule has 10 nitrogen and oxygen atoms in total. The molecule has 2 aromatic carbocycles. The molecular formula is C22H19F6N5O5S. The monoisotopic (exact) mass is 579 g/mol. The van der Waals surface area contributed by atoms with Crippen LogP contribution in [0.2, 0.25) is 0 Å². The Morgan fingerprint density at radius 2 is 1.90 bits per heavy atom. The molecule has 4 rings (SSSR count). The van der Waals surface area contributed by atoms with Crippen LogP contribution in [0.5, 0.6) is 0 Å². The number of nitrogens with one attached hydrogen (secondary N) is 1. The van der Waals surface area contributed by atoms with Gasteiger partial charge in [-0.3, -0.25) is 4.79 Å². The maximum atomic E-state index is 15.6. The second-order valence-corrected chi connectivity index (χ2v) is 10.3. The summed E-state index contributed by atoms with van der Waals surface area (Å²) in [5.74, 6) is -6.09.